The Hall–Kier alpha value is -1.25. The number of rotatable bonds is 6. The van der Waals surface area contributed by atoms with Crippen LogP contribution in [0.15, 0.2) is 17.3 Å². The monoisotopic (exact) mass is 314 g/mol. The summed E-state index contributed by atoms with van der Waals surface area (Å²) in [6, 6.07) is 0. The van der Waals surface area contributed by atoms with Crippen molar-refractivity contribution in [2.45, 2.75) is 37.2 Å². The highest BCUT2D eigenvalue weighted by atomic mass is 32.2. The van der Waals surface area contributed by atoms with Crippen LogP contribution < -0.4 is 5.32 Å². The summed E-state index contributed by atoms with van der Waals surface area (Å²) in [4.78, 5) is 8.06. The molecule has 0 aliphatic carbocycles. The van der Waals surface area contributed by atoms with Gasteiger partial charge in [-0.2, -0.15) is 4.31 Å². The van der Waals surface area contributed by atoms with E-state index in [1.165, 1.54) is 16.7 Å². The number of nitrogens with one attached hydrogen (secondary N) is 1. The molecular weight excluding hydrogens is 292 g/mol. The van der Waals surface area contributed by atoms with Gasteiger partial charge in [0.2, 0.25) is 16.0 Å². The minimum absolute atomic E-state index is 0.0222. The Balaban J connectivity index is 2.10. The fraction of sp³-hybridized carbons (Fsp3) is 0.692. The van der Waals surface area contributed by atoms with Gasteiger partial charge in [-0.1, -0.05) is 6.92 Å². The number of piperidine rings is 1. The second-order valence-corrected chi connectivity index (χ2v) is 6.93. The quantitative estimate of drug-likeness (QED) is 0.846. The molecule has 2 rings (SSSR count). The van der Waals surface area contributed by atoms with Crippen LogP contribution in [0, 0.1) is 0 Å². The molecule has 1 N–H and O–H groups in total. The van der Waals surface area contributed by atoms with Crippen LogP contribution in [0.5, 0.6) is 0 Å². The summed E-state index contributed by atoms with van der Waals surface area (Å²) < 4.78 is 32.3. The van der Waals surface area contributed by atoms with E-state index < -0.39 is 10.0 Å². The van der Waals surface area contributed by atoms with Crippen molar-refractivity contribution in [3.05, 3.63) is 12.4 Å². The van der Waals surface area contributed by atoms with Crippen LogP contribution in [-0.4, -0.2) is 55.5 Å². The van der Waals surface area contributed by atoms with Gasteiger partial charge in [-0.3, -0.25) is 0 Å². The van der Waals surface area contributed by atoms with Gasteiger partial charge in [0.15, 0.2) is 0 Å². The predicted octanol–water partition coefficient (Wildman–Crippen LogP) is 1.10. The van der Waals surface area contributed by atoms with Crippen molar-refractivity contribution in [2.75, 3.05) is 32.1 Å². The van der Waals surface area contributed by atoms with Crippen molar-refractivity contribution in [1.82, 2.24) is 14.3 Å². The van der Waals surface area contributed by atoms with Crippen LogP contribution in [0.25, 0.3) is 0 Å². The molecule has 1 saturated heterocycles. The maximum Gasteiger partial charge on any atom is 0.246 e. The van der Waals surface area contributed by atoms with Crippen molar-refractivity contribution in [2.24, 2.45) is 0 Å². The van der Waals surface area contributed by atoms with Gasteiger partial charge < -0.3 is 10.1 Å². The van der Waals surface area contributed by atoms with Gasteiger partial charge in [-0.05, 0) is 19.3 Å². The van der Waals surface area contributed by atoms with Crippen LogP contribution in [-0.2, 0) is 14.8 Å². The number of nitrogens with zero attached hydrogens (tertiary/aromatic N) is 3. The van der Waals surface area contributed by atoms with Crippen LogP contribution >= 0.6 is 0 Å². The molecule has 118 valence electrons. The largest absolute Gasteiger partial charge is 0.377 e. The van der Waals surface area contributed by atoms with Crippen LogP contribution in [0.3, 0.4) is 0 Å². The molecular formula is C13H22N4O3S. The standard InChI is InChI=1S/C13H22N4O3S/c1-3-7-20-11-5-4-6-17(10-11)21(18,19)12-8-15-13(14-2)16-9-12/h8-9,11H,3-7,10H2,1-2H3,(H,14,15,16). The molecule has 0 saturated carbocycles. The molecule has 1 aliphatic heterocycles. The molecule has 21 heavy (non-hydrogen) atoms. The zero-order chi connectivity index (χ0) is 15.3. The number of hydrogen-bond acceptors (Lipinski definition) is 6. The highest BCUT2D eigenvalue weighted by molar-refractivity contribution is 7.89. The van der Waals surface area contributed by atoms with E-state index >= 15 is 0 Å². The average molecular weight is 314 g/mol. The fourth-order valence-electron chi connectivity index (χ4n) is 2.27. The van der Waals surface area contributed by atoms with E-state index in [9.17, 15) is 8.42 Å². The topological polar surface area (TPSA) is 84.4 Å². The summed E-state index contributed by atoms with van der Waals surface area (Å²) in [5, 5.41) is 2.76. The normalized spacial score (nSPS) is 20.4. The van der Waals surface area contributed by atoms with E-state index in [-0.39, 0.29) is 11.0 Å². The first-order valence-electron chi connectivity index (χ1n) is 7.19. The molecule has 8 heteroatoms. The molecule has 0 amide bonds. The Bertz CT molecular complexity index is 547. The Morgan fingerprint density at radius 3 is 2.76 bits per heavy atom. The fourth-order valence-corrected chi connectivity index (χ4v) is 3.67. The highest BCUT2D eigenvalue weighted by Gasteiger charge is 2.31. The molecule has 1 atom stereocenters. The minimum Gasteiger partial charge on any atom is -0.377 e. The molecule has 7 nitrogen and oxygen atoms in total. The van der Waals surface area contributed by atoms with Crippen LogP contribution in [0.1, 0.15) is 26.2 Å². The summed E-state index contributed by atoms with van der Waals surface area (Å²) in [6.07, 6.45) is 5.30. The molecule has 2 heterocycles. The summed E-state index contributed by atoms with van der Waals surface area (Å²) in [5.41, 5.74) is 0. The van der Waals surface area contributed by atoms with Crippen molar-refractivity contribution in [1.29, 1.82) is 0 Å². The lowest BCUT2D eigenvalue weighted by Gasteiger charge is -2.31. The summed E-state index contributed by atoms with van der Waals surface area (Å²) in [7, 11) is -1.86. The van der Waals surface area contributed by atoms with E-state index in [4.69, 9.17) is 4.74 Å². The third-order valence-corrected chi connectivity index (χ3v) is 5.21. The maximum atomic E-state index is 12.6. The van der Waals surface area contributed by atoms with Crippen molar-refractivity contribution >= 4 is 16.0 Å². The third kappa shape index (κ3) is 3.90. The number of hydrogen-bond donors (Lipinski definition) is 1. The first kappa shape index (κ1) is 16.1. The van der Waals surface area contributed by atoms with Crippen LogP contribution in [0.4, 0.5) is 5.95 Å². The first-order valence-corrected chi connectivity index (χ1v) is 8.63. The van der Waals surface area contributed by atoms with E-state index in [0.717, 1.165) is 19.3 Å². The zero-order valence-corrected chi connectivity index (χ0v) is 13.3. The number of sulfonamides is 1. The van der Waals surface area contributed by atoms with E-state index in [1.807, 2.05) is 6.92 Å². The van der Waals surface area contributed by atoms with Crippen molar-refractivity contribution in [3.63, 3.8) is 0 Å². The smallest absolute Gasteiger partial charge is 0.246 e. The molecule has 0 radical (unpaired) electrons. The molecule has 1 aromatic rings. The van der Waals surface area contributed by atoms with Gasteiger partial charge in [-0.15, -0.1) is 0 Å². The Kier molecular flexibility index (Phi) is 5.49. The van der Waals surface area contributed by atoms with Gasteiger partial charge in [-0.25, -0.2) is 18.4 Å². The van der Waals surface area contributed by atoms with Crippen molar-refractivity contribution in [3.8, 4) is 0 Å². The second kappa shape index (κ2) is 7.15. The number of anilines is 1. The molecule has 1 aromatic heterocycles. The van der Waals surface area contributed by atoms with Gasteiger partial charge in [0.1, 0.15) is 4.90 Å². The molecule has 0 bridgehead atoms. The highest BCUT2D eigenvalue weighted by Crippen LogP contribution is 2.21. The van der Waals surface area contributed by atoms with E-state index in [2.05, 4.69) is 15.3 Å². The molecule has 1 aliphatic rings. The molecule has 0 spiro atoms. The van der Waals surface area contributed by atoms with Gasteiger partial charge in [0.25, 0.3) is 0 Å². The molecule has 0 aromatic carbocycles. The van der Waals surface area contributed by atoms with Gasteiger partial charge >= 0.3 is 0 Å². The zero-order valence-electron chi connectivity index (χ0n) is 12.4. The molecule has 1 fully saturated rings. The Morgan fingerprint density at radius 1 is 1.43 bits per heavy atom. The first-order chi connectivity index (χ1) is 10.1. The van der Waals surface area contributed by atoms with Crippen molar-refractivity contribution < 1.29 is 13.2 Å². The second-order valence-electron chi connectivity index (χ2n) is 4.99. The lowest BCUT2D eigenvalue weighted by Crippen LogP contribution is -2.43. The summed E-state index contributed by atoms with van der Waals surface area (Å²) in [6.45, 7) is 3.62. The van der Waals surface area contributed by atoms with Crippen LogP contribution in [0.2, 0.25) is 0 Å². The Labute approximate surface area is 125 Å². The lowest BCUT2D eigenvalue weighted by molar-refractivity contribution is 0.0193. The van der Waals surface area contributed by atoms with Gasteiger partial charge in [0.05, 0.1) is 18.5 Å². The van der Waals surface area contributed by atoms with Gasteiger partial charge in [0, 0.05) is 26.7 Å². The average Bonchev–Trinajstić information content (AvgIpc) is 2.53. The Morgan fingerprint density at radius 2 is 2.14 bits per heavy atom. The minimum atomic E-state index is -3.54. The SMILES string of the molecule is CCCOC1CCCN(S(=O)(=O)c2cnc(NC)nc2)C1. The maximum absolute atomic E-state index is 12.6. The van der Waals surface area contributed by atoms with E-state index in [1.54, 1.807) is 7.05 Å². The molecule has 1 unspecified atom stereocenters. The number of aromatic nitrogens is 2. The third-order valence-electron chi connectivity index (χ3n) is 3.39. The lowest BCUT2D eigenvalue weighted by atomic mass is 10.1. The van der Waals surface area contributed by atoms with E-state index in [0.29, 0.717) is 25.6 Å². The predicted molar refractivity (Wildman–Crippen MR) is 79.6 cm³/mol. The summed E-state index contributed by atoms with van der Waals surface area (Å²) in [5.74, 6) is 0.400. The summed E-state index contributed by atoms with van der Waals surface area (Å²) >= 11 is 0. The number of ether oxygens (including phenoxy) is 1.